The highest BCUT2D eigenvalue weighted by Crippen LogP contribution is 2.30. The summed E-state index contributed by atoms with van der Waals surface area (Å²) in [6.07, 6.45) is 1.99. The first-order valence-electron chi connectivity index (χ1n) is 6.48. The van der Waals surface area contributed by atoms with E-state index in [1.807, 2.05) is 12.1 Å². The molecule has 0 spiro atoms. The molecule has 0 aromatic heterocycles. The largest absolute Gasteiger partial charge is 0.399 e. The summed E-state index contributed by atoms with van der Waals surface area (Å²) in [6.45, 7) is 0. The summed E-state index contributed by atoms with van der Waals surface area (Å²) in [5.41, 5.74) is 9.50. The van der Waals surface area contributed by atoms with Gasteiger partial charge in [-0.3, -0.25) is 4.79 Å². The zero-order valence-electron chi connectivity index (χ0n) is 10.6. The van der Waals surface area contributed by atoms with Crippen molar-refractivity contribution in [1.82, 2.24) is 5.32 Å². The van der Waals surface area contributed by atoms with E-state index in [0.29, 0.717) is 11.3 Å². The van der Waals surface area contributed by atoms with Crippen LogP contribution < -0.4 is 11.1 Å². The van der Waals surface area contributed by atoms with Gasteiger partial charge in [0.1, 0.15) is 0 Å². The maximum absolute atomic E-state index is 12.2. The van der Waals surface area contributed by atoms with Crippen LogP contribution in [-0.4, -0.2) is 5.91 Å². The molecule has 0 saturated carbocycles. The van der Waals surface area contributed by atoms with Crippen molar-refractivity contribution >= 4 is 11.6 Å². The normalized spacial score (nSPS) is 16.9. The number of aryl methyl sites for hydroxylation is 1. The average Bonchev–Trinajstić information content (AvgIpc) is 2.82. The van der Waals surface area contributed by atoms with Crippen molar-refractivity contribution < 1.29 is 4.79 Å². The Labute approximate surface area is 112 Å². The number of anilines is 1. The van der Waals surface area contributed by atoms with Crippen molar-refractivity contribution in [1.29, 1.82) is 0 Å². The second-order valence-electron chi connectivity index (χ2n) is 4.89. The minimum absolute atomic E-state index is 0.0611. The third-order valence-corrected chi connectivity index (χ3v) is 3.59. The maximum Gasteiger partial charge on any atom is 0.251 e. The average molecular weight is 252 g/mol. The molecule has 3 rings (SSSR count). The lowest BCUT2D eigenvalue weighted by molar-refractivity contribution is 0.0937. The van der Waals surface area contributed by atoms with Crippen molar-refractivity contribution in [3.05, 3.63) is 65.2 Å². The number of hydrogen-bond donors (Lipinski definition) is 2. The summed E-state index contributed by atoms with van der Waals surface area (Å²) < 4.78 is 0. The molecule has 1 aliphatic rings. The number of amides is 1. The van der Waals surface area contributed by atoms with E-state index in [2.05, 4.69) is 17.4 Å². The first-order chi connectivity index (χ1) is 9.24. The fourth-order valence-corrected chi connectivity index (χ4v) is 2.63. The van der Waals surface area contributed by atoms with E-state index in [0.717, 1.165) is 12.8 Å². The van der Waals surface area contributed by atoms with Gasteiger partial charge in [-0.2, -0.15) is 0 Å². The molecule has 19 heavy (non-hydrogen) atoms. The topological polar surface area (TPSA) is 55.1 Å². The van der Waals surface area contributed by atoms with Crippen molar-refractivity contribution in [3.63, 3.8) is 0 Å². The molecule has 2 aromatic rings. The van der Waals surface area contributed by atoms with E-state index in [1.54, 1.807) is 24.3 Å². The second-order valence-corrected chi connectivity index (χ2v) is 4.89. The molecule has 0 unspecified atom stereocenters. The number of hydrogen-bond acceptors (Lipinski definition) is 2. The summed E-state index contributed by atoms with van der Waals surface area (Å²) >= 11 is 0. The van der Waals surface area contributed by atoms with Crippen LogP contribution in [0.25, 0.3) is 0 Å². The van der Waals surface area contributed by atoms with E-state index >= 15 is 0 Å². The van der Waals surface area contributed by atoms with Gasteiger partial charge in [-0.05, 0) is 42.2 Å². The van der Waals surface area contributed by atoms with Gasteiger partial charge in [-0.1, -0.05) is 30.3 Å². The molecule has 96 valence electrons. The van der Waals surface area contributed by atoms with E-state index in [4.69, 9.17) is 5.73 Å². The van der Waals surface area contributed by atoms with Gasteiger partial charge in [0.2, 0.25) is 0 Å². The van der Waals surface area contributed by atoms with Crippen molar-refractivity contribution in [3.8, 4) is 0 Å². The van der Waals surface area contributed by atoms with Crippen LogP contribution >= 0.6 is 0 Å². The third-order valence-electron chi connectivity index (χ3n) is 3.59. The molecular formula is C16H16N2O. The molecule has 0 saturated heterocycles. The Morgan fingerprint density at radius 3 is 2.84 bits per heavy atom. The van der Waals surface area contributed by atoms with Gasteiger partial charge in [0, 0.05) is 11.3 Å². The maximum atomic E-state index is 12.2. The number of nitrogens with two attached hydrogens (primary N) is 1. The van der Waals surface area contributed by atoms with Crippen LogP contribution in [0.15, 0.2) is 48.5 Å². The number of nitrogens with one attached hydrogen (secondary N) is 1. The van der Waals surface area contributed by atoms with Gasteiger partial charge in [0.05, 0.1) is 6.04 Å². The highest BCUT2D eigenvalue weighted by atomic mass is 16.1. The van der Waals surface area contributed by atoms with Gasteiger partial charge in [-0.25, -0.2) is 0 Å². The van der Waals surface area contributed by atoms with Gasteiger partial charge in [-0.15, -0.1) is 0 Å². The Morgan fingerprint density at radius 1 is 1.16 bits per heavy atom. The first kappa shape index (κ1) is 11.8. The molecule has 0 fully saturated rings. The van der Waals surface area contributed by atoms with Crippen LogP contribution in [0.5, 0.6) is 0 Å². The quantitative estimate of drug-likeness (QED) is 0.807. The summed E-state index contributed by atoms with van der Waals surface area (Å²) in [5.74, 6) is -0.0611. The molecule has 1 atom stereocenters. The summed E-state index contributed by atoms with van der Waals surface area (Å²) in [6, 6.07) is 15.5. The van der Waals surface area contributed by atoms with Crippen LogP contribution in [0.4, 0.5) is 5.69 Å². The van der Waals surface area contributed by atoms with Crippen LogP contribution in [0.2, 0.25) is 0 Å². The zero-order valence-corrected chi connectivity index (χ0v) is 10.6. The smallest absolute Gasteiger partial charge is 0.251 e. The standard InChI is InChI=1S/C16H16N2O/c17-13-6-3-5-12(10-13)16(19)18-15-9-8-11-4-1-2-7-14(11)15/h1-7,10,15H,8-9,17H2,(H,18,19)/t15-/m1/s1. The van der Waals surface area contributed by atoms with Gasteiger partial charge in [0.25, 0.3) is 5.91 Å². The number of carbonyl (C=O) groups is 1. The Bertz CT molecular complexity index is 622. The summed E-state index contributed by atoms with van der Waals surface area (Å²) in [5, 5.41) is 3.08. The molecule has 3 heteroatoms. The molecule has 0 radical (unpaired) electrons. The van der Waals surface area contributed by atoms with Crippen LogP contribution in [0.1, 0.15) is 33.9 Å². The van der Waals surface area contributed by atoms with E-state index in [1.165, 1.54) is 11.1 Å². The Morgan fingerprint density at radius 2 is 2.00 bits per heavy atom. The lowest BCUT2D eigenvalue weighted by atomic mass is 10.1. The Balaban J connectivity index is 1.78. The molecule has 1 aliphatic carbocycles. The lowest BCUT2D eigenvalue weighted by Crippen LogP contribution is -2.27. The molecule has 0 heterocycles. The molecule has 0 aliphatic heterocycles. The highest BCUT2D eigenvalue weighted by molar-refractivity contribution is 5.95. The van der Waals surface area contributed by atoms with Crippen molar-refractivity contribution in [2.75, 3.05) is 5.73 Å². The van der Waals surface area contributed by atoms with Crippen LogP contribution in [0, 0.1) is 0 Å². The molecule has 3 nitrogen and oxygen atoms in total. The first-order valence-corrected chi connectivity index (χ1v) is 6.48. The predicted octanol–water partition coefficient (Wildman–Crippen LogP) is 2.69. The fraction of sp³-hybridized carbons (Fsp3) is 0.188. The van der Waals surface area contributed by atoms with Gasteiger partial charge < -0.3 is 11.1 Å². The minimum atomic E-state index is -0.0611. The third kappa shape index (κ3) is 2.32. The SMILES string of the molecule is Nc1cccc(C(=O)N[C@@H]2CCc3ccccc32)c1. The second kappa shape index (κ2) is 4.76. The van der Waals surface area contributed by atoms with Gasteiger partial charge >= 0.3 is 0 Å². The molecular weight excluding hydrogens is 236 g/mol. The molecule has 2 aromatic carbocycles. The molecule has 1 amide bonds. The van der Waals surface area contributed by atoms with Gasteiger partial charge in [0.15, 0.2) is 0 Å². The number of benzene rings is 2. The highest BCUT2D eigenvalue weighted by Gasteiger charge is 2.23. The lowest BCUT2D eigenvalue weighted by Gasteiger charge is -2.14. The predicted molar refractivity (Wildman–Crippen MR) is 75.8 cm³/mol. The monoisotopic (exact) mass is 252 g/mol. The summed E-state index contributed by atoms with van der Waals surface area (Å²) in [7, 11) is 0. The minimum Gasteiger partial charge on any atom is -0.399 e. The molecule has 3 N–H and O–H groups in total. The number of fused-ring (bicyclic) bond motifs is 1. The van der Waals surface area contributed by atoms with E-state index < -0.39 is 0 Å². The fourth-order valence-electron chi connectivity index (χ4n) is 2.63. The van der Waals surface area contributed by atoms with Crippen LogP contribution in [0.3, 0.4) is 0 Å². The Kier molecular flexibility index (Phi) is 2.95. The molecule has 0 bridgehead atoms. The summed E-state index contributed by atoms with van der Waals surface area (Å²) in [4.78, 5) is 12.2. The number of rotatable bonds is 2. The Hall–Kier alpha value is -2.29. The van der Waals surface area contributed by atoms with Crippen molar-refractivity contribution in [2.45, 2.75) is 18.9 Å². The number of carbonyl (C=O) groups excluding carboxylic acids is 1. The van der Waals surface area contributed by atoms with Crippen molar-refractivity contribution in [2.24, 2.45) is 0 Å². The van der Waals surface area contributed by atoms with E-state index in [9.17, 15) is 4.79 Å². The van der Waals surface area contributed by atoms with Crippen LogP contribution in [-0.2, 0) is 6.42 Å². The zero-order chi connectivity index (χ0) is 13.2. The number of nitrogen functional groups attached to an aromatic ring is 1. The van der Waals surface area contributed by atoms with E-state index in [-0.39, 0.29) is 11.9 Å².